The van der Waals surface area contributed by atoms with Gasteiger partial charge in [0, 0.05) is 17.1 Å². The van der Waals surface area contributed by atoms with E-state index in [1.807, 2.05) is 51.1 Å². The maximum absolute atomic E-state index is 11.8. The molecule has 2 aromatic rings. The van der Waals surface area contributed by atoms with Gasteiger partial charge < -0.3 is 4.55 Å². The van der Waals surface area contributed by atoms with Gasteiger partial charge in [-0.25, -0.2) is 0 Å². The Morgan fingerprint density at radius 2 is 2.00 bits per heavy atom. The summed E-state index contributed by atoms with van der Waals surface area (Å²) in [7, 11) is 0. The second-order valence-electron chi connectivity index (χ2n) is 5.06. The molecule has 94 valence electrons. The molecule has 0 fully saturated rings. The van der Waals surface area contributed by atoms with Crippen LogP contribution in [-0.2, 0) is 11.4 Å². The summed E-state index contributed by atoms with van der Waals surface area (Å²) in [6, 6.07) is 9.88. The van der Waals surface area contributed by atoms with Crippen LogP contribution in [0.3, 0.4) is 0 Å². The van der Waals surface area contributed by atoms with Crippen molar-refractivity contribution in [3.05, 3.63) is 42.1 Å². The van der Waals surface area contributed by atoms with Gasteiger partial charge >= 0.3 is 0 Å². The van der Waals surface area contributed by atoms with Crippen LogP contribution in [-0.4, -0.2) is 20.5 Å². The fourth-order valence-corrected chi connectivity index (χ4v) is 1.96. The Kier molecular flexibility index (Phi) is 3.68. The molecule has 0 spiro atoms. The summed E-state index contributed by atoms with van der Waals surface area (Å²) in [4.78, 5) is 4.33. The number of hydrogen-bond donors (Lipinski definition) is 0. The standard InChI is InChI=1S/C14H16N2OS/c1-14(2,3)18(17)16-10-11-8-12-6-4-5-7-13(12)15-9-11/h4-10H,1-3H3/b16-10+. The number of benzene rings is 1. The fraction of sp³-hybridized carbons (Fsp3) is 0.286. The van der Waals surface area contributed by atoms with Crippen molar-refractivity contribution >= 4 is 28.5 Å². The third-order valence-electron chi connectivity index (χ3n) is 2.43. The van der Waals surface area contributed by atoms with Crippen molar-refractivity contribution in [2.24, 2.45) is 4.40 Å². The molecular formula is C14H16N2OS. The van der Waals surface area contributed by atoms with E-state index < -0.39 is 11.4 Å². The van der Waals surface area contributed by atoms with E-state index in [0.717, 1.165) is 16.5 Å². The Morgan fingerprint density at radius 1 is 1.28 bits per heavy atom. The van der Waals surface area contributed by atoms with Crippen LogP contribution < -0.4 is 0 Å². The third kappa shape index (κ3) is 3.09. The monoisotopic (exact) mass is 260 g/mol. The van der Waals surface area contributed by atoms with Gasteiger partial charge in [0.1, 0.15) is 16.1 Å². The molecule has 0 amide bonds. The highest BCUT2D eigenvalue weighted by Crippen LogP contribution is 2.17. The van der Waals surface area contributed by atoms with Crippen LogP contribution in [0.5, 0.6) is 0 Å². The lowest BCUT2D eigenvalue weighted by molar-refractivity contribution is 0.562. The zero-order valence-corrected chi connectivity index (χ0v) is 11.6. The Labute approximate surface area is 110 Å². The van der Waals surface area contributed by atoms with Gasteiger partial charge in [-0.2, -0.15) is 0 Å². The number of hydrogen-bond acceptors (Lipinski definition) is 3. The zero-order valence-electron chi connectivity index (χ0n) is 10.8. The fourth-order valence-electron chi connectivity index (χ4n) is 1.43. The molecule has 0 radical (unpaired) electrons. The molecule has 0 bridgehead atoms. The first-order valence-electron chi connectivity index (χ1n) is 5.78. The van der Waals surface area contributed by atoms with E-state index in [1.165, 1.54) is 0 Å². The van der Waals surface area contributed by atoms with E-state index in [9.17, 15) is 4.55 Å². The molecule has 1 heterocycles. The summed E-state index contributed by atoms with van der Waals surface area (Å²) in [5.41, 5.74) is 1.82. The minimum atomic E-state index is -1.23. The van der Waals surface area contributed by atoms with E-state index in [4.69, 9.17) is 0 Å². The lowest BCUT2D eigenvalue weighted by Gasteiger charge is -2.17. The zero-order chi connectivity index (χ0) is 13.2. The van der Waals surface area contributed by atoms with Crippen molar-refractivity contribution in [2.45, 2.75) is 25.5 Å². The van der Waals surface area contributed by atoms with E-state index in [1.54, 1.807) is 12.4 Å². The molecular weight excluding hydrogens is 244 g/mol. The Morgan fingerprint density at radius 3 is 2.72 bits per heavy atom. The first kappa shape index (κ1) is 13.1. The van der Waals surface area contributed by atoms with Gasteiger partial charge in [0.25, 0.3) is 0 Å². The normalized spacial score (nSPS) is 14.2. The Bertz CT molecular complexity index is 575. The van der Waals surface area contributed by atoms with Crippen molar-refractivity contribution in [3.8, 4) is 0 Å². The van der Waals surface area contributed by atoms with Crippen molar-refractivity contribution in [3.63, 3.8) is 0 Å². The second kappa shape index (κ2) is 5.08. The topological polar surface area (TPSA) is 48.3 Å². The Hall–Kier alpha value is -1.39. The van der Waals surface area contributed by atoms with Gasteiger partial charge in [-0.05, 0) is 32.9 Å². The number of rotatable bonds is 2. The summed E-state index contributed by atoms with van der Waals surface area (Å²) in [5.74, 6) is 0. The average Bonchev–Trinajstić information content (AvgIpc) is 2.34. The third-order valence-corrected chi connectivity index (χ3v) is 3.78. The predicted molar refractivity (Wildman–Crippen MR) is 77.2 cm³/mol. The molecule has 18 heavy (non-hydrogen) atoms. The minimum absolute atomic E-state index is 0.333. The van der Waals surface area contributed by atoms with Gasteiger partial charge in [0.15, 0.2) is 0 Å². The van der Waals surface area contributed by atoms with Crippen LogP contribution in [0.4, 0.5) is 0 Å². The molecule has 2 rings (SSSR count). The lowest BCUT2D eigenvalue weighted by Crippen LogP contribution is -2.25. The first-order valence-corrected chi connectivity index (χ1v) is 6.88. The minimum Gasteiger partial charge on any atom is -0.591 e. The van der Waals surface area contributed by atoms with Crippen molar-refractivity contribution < 1.29 is 4.55 Å². The van der Waals surface area contributed by atoms with Crippen LogP contribution in [0.2, 0.25) is 0 Å². The number of fused-ring (bicyclic) bond motifs is 1. The van der Waals surface area contributed by atoms with E-state index in [2.05, 4.69) is 9.38 Å². The molecule has 1 aromatic heterocycles. The van der Waals surface area contributed by atoms with Crippen molar-refractivity contribution in [1.82, 2.24) is 4.98 Å². The quantitative estimate of drug-likeness (QED) is 0.615. The molecule has 0 saturated carbocycles. The maximum atomic E-state index is 11.8. The SMILES string of the molecule is CC(C)(C)[S+]([O-])/N=C/c1cnc2ccccc2c1. The van der Waals surface area contributed by atoms with Crippen LogP contribution in [0.25, 0.3) is 10.9 Å². The van der Waals surface area contributed by atoms with Gasteiger partial charge in [-0.3, -0.25) is 4.98 Å². The summed E-state index contributed by atoms with van der Waals surface area (Å²) < 4.78 is 15.5. The molecule has 0 aliphatic carbocycles. The van der Waals surface area contributed by atoms with Gasteiger partial charge in [0.05, 0.1) is 11.7 Å². The first-order chi connectivity index (χ1) is 8.47. The maximum Gasteiger partial charge on any atom is 0.144 e. The molecule has 1 unspecified atom stereocenters. The molecule has 0 aliphatic rings. The largest absolute Gasteiger partial charge is 0.591 e. The van der Waals surface area contributed by atoms with Gasteiger partial charge in [-0.15, -0.1) is 0 Å². The number of para-hydroxylation sites is 1. The molecule has 0 aliphatic heterocycles. The summed E-state index contributed by atoms with van der Waals surface area (Å²) >= 11 is -1.23. The number of aromatic nitrogens is 1. The molecule has 1 atom stereocenters. The molecule has 3 nitrogen and oxygen atoms in total. The van der Waals surface area contributed by atoms with E-state index in [0.29, 0.717) is 0 Å². The summed E-state index contributed by atoms with van der Waals surface area (Å²) in [6.07, 6.45) is 3.37. The van der Waals surface area contributed by atoms with Gasteiger partial charge in [-0.1, -0.05) is 22.6 Å². The van der Waals surface area contributed by atoms with E-state index >= 15 is 0 Å². The predicted octanol–water partition coefficient (Wildman–Crippen LogP) is 3.12. The van der Waals surface area contributed by atoms with Crippen LogP contribution in [0, 0.1) is 0 Å². The van der Waals surface area contributed by atoms with E-state index in [-0.39, 0.29) is 4.75 Å². The van der Waals surface area contributed by atoms with Crippen molar-refractivity contribution in [2.75, 3.05) is 0 Å². The summed E-state index contributed by atoms with van der Waals surface area (Å²) in [6.45, 7) is 5.71. The van der Waals surface area contributed by atoms with Crippen LogP contribution >= 0.6 is 0 Å². The Balaban J connectivity index is 2.25. The lowest BCUT2D eigenvalue weighted by atomic mass is 10.2. The highest BCUT2D eigenvalue weighted by atomic mass is 32.2. The van der Waals surface area contributed by atoms with Crippen LogP contribution in [0.15, 0.2) is 40.9 Å². The molecule has 0 saturated heterocycles. The average molecular weight is 260 g/mol. The molecule has 0 N–H and O–H groups in total. The van der Waals surface area contributed by atoms with Gasteiger partial charge in [0.2, 0.25) is 0 Å². The highest BCUT2D eigenvalue weighted by Gasteiger charge is 2.25. The van der Waals surface area contributed by atoms with Crippen molar-refractivity contribution in [1.29, 1.82) is 0 Å². The number of pyridine rings is 1. The smallest absolute Gasteiger partial charge is 0.144 e. The molecule has 1 aromatic carbocycles. The number of nitrogens with zero attached hydrogens (tertiary/aromatic N) is 2. The highest BCUT2D eigenvalue weighted by molar-refractivity contribution is 7.91. The second-order valence-corrected chi connectivity index (χ2v) is 6.99. The van der Waals surface area contributed by atoms with Crippen LogP contribution in [0.1, 0.15) is 26.3 Å². The summed E-state index contributed by atoms with van der Waals surface area (Å²) in [5, 5.41) is 1.06. The molecule has 4 heteroatoms.